The lowest BCUT2D eigenvalue weighted by atomic mass is 10.1. The van der Waals surface area contributed by atoms with Crippen LogP contribution in [0.5, 0.6) is 0 Å². The third-order valence-corrected chi connectivity index (χ3v) is 2.96. The number of carboxylic acid groups (broad SMARTS) is 1. The van der Waals surface area contributed by atoms with Crippen LogP contribution >= 0.6 is 0 Å². The molecule has 8 heteroatoms. The fourth-order valence-electron chi connectivity index (χ4n) is 1.69. The third kappa shape index (κ3) is 2.72. The average molecular weight is 265 g/mol. The molecule has 0 spiro atoms. The van der Waals surface area contributed by atoms with E-state index in [1.165, 1.54) is 10.9 Å². The van der Waals surface area contributed by atoms with Gasteiger partial charge in [-0.1, -0.05) is 11.3 Å². The molecule has 1 saturated heterocycles. The highest BCUT2D eigenvalue weighted by atomic mass is 16.4. The number of hydrogen-bond donors (Lipinski definition) is 2. The molecule has 0 aromatic carbocycles. The second-order valence-corrected chi connectivity index (χ2v) is 4.42. The van der Waals surface area contributed by atoms with Gasteiger partial charge in [0.05, 0.1) is 12.2 Å². The number of aromatic nitrogens is 3. The number of likely N-dealkylation sites (tertiary alicyclic amines) is 1. The van der Waals surface area contributed by atoms with Gasteiger partial charge in [-0.15, -0.1) is 11.7 Å². The van der Waals surface area contributed by atoms with Gasteiger partial charge in [0, 0.05) is 19.1 Å². The number of carbonyl (C=O) groups excluding carboxylic acids is 1. The van der Waals surface area contributed by atoms with Gasteiger partial charge in [-0.3, -0.25) is 0 Å². The van der Waals surface area contributed by atoms with E-state index in [1.54, 1.807) is 11.0 Å². The number of nitrogens with zero attached hydrogens (tertiary/aromatic N) is 4. The molecule has 2 N–H and O–H groups in total. The summed E-state index contributed by atoms with van der Waals surface area (Å²) >= 11 is 0. The Morgan fingerprint density at radius 1 is 1.63 bits per heavy atom. The molecule has 1 aromatic rings. The first-order valence-electron chi connectivity index (χ1n) is 5.84. The summed E-state index contributed by atoms with van der Waals surface area (Å²) < 4.78 is 1.48. The van der Waals surface area contributed by atoms with Crippen LogP contribution in [0.25, 0.3) is 0 Å². The second kappa shape index (κ2) is 5.09. The van der Waals surface area contributed by atoms with Gasteiger partial charge in [0.2, 0.25) is 0 Å². The summed E-state index contributed by atoms with van der Waals surface area (Å²) in [4.78, 5) is 24.0. The highest BCUT2D eigenvalue weighted by molar-refractivity contribution is 5.84. The van der Waals surface area contributed by atoms with Gasteiger partial charge in [-0.05, 0) is 6.92 Å². The summed E-state index contributed by atoms with van der Waals surface area (Å²) in [5, 5.41) is 18.8. The fourth-order valence-corrected chi connectivity index (χ4v) is 1.69. The SMILES string of the molecule is C=CC(C)NC(=O)N1CC(n2cc(C(=O)O)nn2)C1. The molecule has 1 aliphatic heterocycles. The summed E-state index contributed by atoms with van der Waals surface area (Å²) in [6.07, 6.45) is 3.01. The van der Waals surface area contributed by atoms with Gasteiger partial charge in [0.25, 0.3) is 0 Å². The van der Waals surface area contributed by atoms with E-state index in [9.17, 15) is 9.59 Å². The molecule has 1 atom stereocenters. The van der Waals surface area contributed by atoms with Crippen LogP contribution in [0, 0.1) is 0 Å². The molecule has 2 amide bonds. The summed E-state index contributed by atoms with van der Waals surface area (Å²) in [5.74, 6) is -1.11. The number of hydrogen-bond acceptors (Lipinski definition) is 4. The second-order valence-electron chi connectivity index (χ2n) is 4.42. The number of rotatable bonds is 4. The van der Waals surface area contributed by atoms with Gasteiger partial charge in [-0.25, -0.2) is 14.3 Å². The molecule has 0 radical (unpaired) electrons. The minimum Gasteiger partial charge on any atom is -0.476 e. The van der Waals surface area contributed by atoms with E-state index in [2.05, 4.69) is 22.2 Å². The highest BCUT2D eigenvalue weighted by Gasteiger charge is 2.33. The largest absolute Gasteiger partial charge is 0.476 e. The topological polar surface area (TPSA) is 100 Å². The first-order valence-corrected chi connectivity index (χ1v) is 5.84. The standard InChI is InChI=1S/C11H15N5O3/c1-3-7(2)12-11(19)15-4-8(5-15)16-6-9(10(17)18)13-14-16/h3,6-8H,1,4-5H2,2H3,(H,12,19)(H,17,18). The molecule has 1 aliphatic rings. The summed E-state index contributed by atoms with van der Waals surface area (Å²) in [7, 11) is 0. The van der Waals surface area contributed by atoms with E-state index in [1.807, 2.05) is 6.92 Å². The predicted octanol–water partition coefficient (Wildman–Crippen LogP) is 0.117. The molecule has 1 unspecified atom stereocenters. The Labute approximate surface area is 109 Å². The molecule has 2 heterocycles. The van der Waals surface area contributed by atoms with Crippen LogP contribution in [0.15, 0.2) is 18.9 Å². The summed E-state index contributed by atoms with van der Waals surface area (Å²) in [6.45, 7) is 6.39. The lowest BCUT2D eigenvalue weighted by Gasteiger charge is -2.39. The number of urea groups is 1. The maximum absolute atomic E-state index is 11.7. The predicted molar refractivity (Wildman–Crippen MR) is 65.8 cm³/mol. The Hall–Kier alpha value is -2.38. The van der Waals surface area contributed by atoms with Gasteiger partial charge < -0.3 is 15.3 Å². The van der Waals surface area contributed by atoms with Crippen LogP contribution in [0.3, 0.4) is 0 Å². The minimum absolute atomic E-state index is 0.0228. The number of carbonyl (C=O) groups is 2. The van der Waals surface area contributed by atoms with Crippen LogP contribution < -0.4 is 5.32 Å². The van der Waals surface area contributed by atoms with Crippen molar-refractivity contribution in [3.05, 3.63) is 24.5 Å². The smallest absolute Gasteiger partial charge is 0.358 e. The van der Waals surface area contributed by atoms with Gasteiger partial charge >= 0.3 is 12.0 Å². The zero-order chi connectivity index (χ0) is 14.0. The van der Waals surface area contributed by atoms with E-state index in [4.69, 9.17) is 5.11 Å². The van der Waals surface area contributed by atoms with Crippen LogP contribution in [0.1, 0.15) is 23.5 Å². The van der Waals surface area contributed by atoms with Gasteiger partial charge in [0.15, 0.2) is 5.69 Å². The Morgan fingerprint density at radius 2 is 2.32 bits per heavy atom. The molecule has 0 aliphatic carbocycles. The van der Waals surface area contributed by atoms with E-state index >= 15 is 0 Å². The van der Waals surface area contributed by atoms with E-state index in [-0.39, 0.29) is 23.8 Å². The Kier molecular flexibility index (Phi) is 3.50. The van der Waals surface area contributed by atoms with Crippen molar-refractivity contribution < 1.29 is 14.7 Å². The van der Waals surface area contributed by atoms with Crippen molar-refractivity contribution in [1.29, 1.82) is 0 Å². The lowest BCUT2D eigenvalue weighted by molar-refractivity contribution is 0.0690. The summed E-state index contributed by atoms with van der Waals surface area (Å²) in [6, 6.07) is -0.274. The molecule has 102 valence electrons. The minimum atomic E-state index is -1.11. The molecule has 19 heavy (non-hydrogen) atoms. The van der Waals surface area contributed by atoms with Crippen LogP contribution in [0.2, 0.25) is 0 Å². The highest BCUT2D eigenvalue weighted by Crippen LogP contribution is 2.20. The molecule has 0 saturated carbocycles. The zero-order valence-electron chi connectivity index (χ0n) is 10.5. The third-order valence-electron chi connectivity index (χ3n) is 2.96. The Bertz CT molecular complexity index is 506. The molecule has 0 bridgehead atoms. The maximum atomic E-state index is 11.7. The monoisotopic (exact) mass is 265 g/mol. The quantitative estimate of drug-likeness (QED) is 0.753. The molecule has 1 aromatic heterocycles. The number of nitrogens with one attached hydrogen (secondary N) is 1. The first kappa shape index (κ1) is 13.1. The van der Waals surface area contributed by atoms with E-state index in [0.717, 1.165) is 0 Å². The molecule has 1 fully saturated rings. The van der Waals surface area contributed by atoms with Crippen molar-refractivity contribution in [3.8, 4) is 0 Å². The lowest BCUT2D eigenvalue weighted by Crippen LogP contribution is -2.55. The van der Waals surface area contributed by atoms with Crippen molar-refractivity contribution in [2.75, 3.05) is 13.1 Å². The van der Waals surface area contributed by atoms with Gasteiger partial charge in [-0.2, -0.15) is 0 Å². The number of carboxylic acids is 1. The van der Waals surface area contributed by atoms with Crippen molar-refractivity contribution in [3.63, 3.8) is 0 Å². The van der Waals surface area contributed by atoms with Crippen LogP contribution in [-0.4, -0.2) is 56.1 Å². The normalized spacial score (nSPS) is 16.6. The van der Waals surface area contributed by atoms with Crippen LogP contribution in [-0.2, 0) is 0 Å². The van der Waals surface area contributed by atoms with Crippen molar-refractivity contribution in [2.24, 2.45) is 0 Å². The number of aromatic carboxylic acids is 1. The molecular weight excluding hydrogens is 250 g/mol. The van der Waals surface area contributed by atoms with Crippen molar-refractivity contribution >= 4 is 12.0 Å². The molecular formula is C11H15N5O3. The fraction of sp³-hybridized carbons (Fsp3) is 0.455. The Balaban J connectivity index is 1.86. The van der Waals surface area contributed by atoms with Gasteiger partial charge in [0.1, 0.15) is 0 Å². The van der Waals surface area contributed by atoms with Crippen molar-refractivity contribution in [2.45, 2.75) is 19.0 Å². The zero-order valence-corrected chi connectivity index (χ0v) is 10.5. The summed E-state index contributed by atoms with van der Waals surface area (Å²) in [5.41, 5.74) is -0.0943. The first-order chi connectivity index (χ1) is 9.01. The van der Waals surface area contributed by atoms with Crippen LogP contribution in [0.4, 0.5) is 4.79 Å². The van der Waals surface area contributed by atoms with Crippen molar-refractivity contribution in [1.82, 2.24) is 25.2 Å². The molecule has 2 rings (SSSR count). The van der Waals surface area contributed by atoms with E-state index in [0.29, 0.717) is 13.1 Å². The van der Waals surface area contributed by atoms with E-state index < -0.39 is 5.97 Å². The average Bonchev–Trinajstić information content (AvgIpc) is 2.76. The maximum Gasteiger partial charge on any atom is 0.358 e. The Morgan fingerprint density at radius 3 is 2.84 bits per heavy atom. The number of amides is 2. The molecule has 8 nitrogen and oxygen atoms in total.